The van der Waals surface area contributed by atoms with Crippen molar-refractivity contribution in [3.8, 4) is 0 Å². The van der Waals surface area contributed by atoms with Crippen molar-refractivity contribution in [1.29, 1.82) is 0 Å². The first-order valence-corrected chi connectivity index (χ1v) is 6.99. The van der Waals surface area contributed by atoms with Gasteiger partial charge in [-0.15, -0.1) is 0 Å². The molecule has 0 saturated heterocycles. The summed E-state index contributed by atoms with van der Waals surface area (Å²) in [5.41, 5.74) is 1.98. The van der Waals surface area contributed by atoms with Crippen molar-refractivity contribution in [3.63, 3.8) is 0 Å². The zero-order chi connectivity index (χ0) is 11.9. The Labute approximate surface area is 95.8 Å². The molecule has 0 radical (unpaired) electrons. The molecule has 16 heavy (non-hydrogen) atoms. The van der Waals surface area contributed by atoms with E-state index in [0.717, 1.165) is 16.3 Å². The van der Waals surface area contributed by atoms with E-state index in [1.165, 1.54) is 11.8 Å². The van der Waals surface area contributed by atoms with E-state index in [4.69, 9.17) is 0 Å². The van der Waals surface area contributed by atoms with Gasteiger partial charge in [-0.05, 0) is 47.9 Å². The topological polar surface area (TPSA) is 34.1 Å². The van der Waals surface area contributed by atoms with Crippen LogP contribution in [0.3, 0.4) is 0 Å². The fourth-order valence-electron chi connectivity index (χ4n) is 1.97. The SMILES string of the molecule is Cc1cc2c(C)cccc2cc1S(C)(=O)=O. The zero-order valence-corrected chi connectivity index (χ0v) is 10.4. The van der Waals surface area contributed by atoms with E-state index in [9.17, 15) is 8.42 Å². The van der Waals surface area contributed by atoms with Gasteiger partial charge in [0.05, 0.1) is 4.90 Å². The van der Waals surface area contributed by atoms with Crippen LogP contribution in [0, 0.1) is 13.8 Å². The van der Waals surface area contributed by atoms with Crippen LogP contribution in [0.4, 0.5) is 0 Å². The van der Waals surface area contributed by atoms with E-state index in [-0.39, 0.29) is 0 Å². The van der Waals surface area contributed by atoms with Crippen molar-refractivity contribution in [1.82, 2.24) is 0 Å². The Balaban J connectivity index is 2.88. The molecule has 0 bridgehead atoms. The van der Waals surface area contributed by atoms with Gasteiger partial charge in [0.2, 0.25) is 0 Å². The molecule has 2 aromatic rings. The maximum Gasteiger partial charge on any atom is 0.175 e. The Morgan fingerprint density at radius 3 is 2.31 bits per heavy atom. The number of benzene rings is 2. The van der Waals surface area contributed by atoms with Crippen LogP contribution in [0.1, 0.15) is 11.1 Å². The lowest BCUT2D eigenvalue weighted by molar-refractivity contribution is 0.601. The molecule has 2 rings (SSSR count). The number of hydrogen-bond donors (Lipinski definition) is 0. The summed E-state index contributed by atoms with van der Waals surface area (Å²) in [5.74, 6) is 0. The van der Waals surface area contributed by atoms with Crippen LogP contribution in [0.5, 0.6) is 0 Å². The third kappa shape index (κ3) is 1.83. The average molecular weight is 234 g/mol. The van der Waals surface area contributed by atoms with Crippen LogP contribution >= 0.6 is 0 Å². The zero-order valence-electron chi connectivity index (χ0n) is 9.61. The molecule has 0 aliphatic heterocycles. The predicted molar refractivity (Wildman–Crippen MR) is 66.5 cm³/mol. The summed E-state index contributed by atoms with van der Waals surface area (Å²) >= 11 is 0. The molecule has 0 fully saturated rings. The summed E-state index contributed by atoms with van der Waals surface area (Å²) in [4.78, 5) is 0.422. The molecule has 0 saturated carbocycles. The molecule has 0 amide bonds. The van der Waals surface area contributed by atoms with Gasteiger partial charge >= 0.3 is 0 Å². The monoisotopic (exact) mass is 234 g/mol. The van der Waals surface area contributed by atoms with Crippen molar-refractivity contribution in [2.24, 2.45) is 0 Å². The van der Waals surface area contributed by atoms with Gasteiger partial charge in [-0.1, -0.05) is 18.2 Å². The highest BCUT2D eigenvalue weighted by molar-refractivity contribution is 7.90. The number of hydrogen-bond acceptors (Lipinski definition) is 2. The van der Waals surface area contributed by atoms with Crippen LogP contribution in [-0.2, 0) is 9.84 Å². The second-order valence-electron chi connectivity index (χ2n) is 4.19. The van der Waals surface area contributed by atoms with Gasteiger partial charge in [0.15, 0.2) is 9.84 Å². The molecule has 0 atom stereocenters. The molecule has 2 nitrogen and oxygen atoms in total. The maximum absolute atomic E-state index is 11.6. The first-order chi connectivity index (χ1) is 7.39. The van der Waals surface area contributed by atoms with Crippen molar-refractivity contribution < 1.29 is 8.42 Å². The number of sulfone groups is 1. The third-order valence-electron chi connectivity index (χ3n) is 2.79. The van der Waals surface area contributed by atoms with Crippen molar-refractivity contribution in [3.05, 3.63) is 41.5 Å². The fraction of sp³-hybridized carbons (Fsp3) is 0.231. The average Bonchev–Trinajstić information content (AvgIpc) is 2.17. The standard InChI is InChI=1S/C13H14O2S/c1-9-5-4-6-11-8-13(16(3,14)15)10(2)7-12(9)11/h4-8H,1-3H3. The fourth-order valence-corrected chi connectivity index (χ4v) is 2.95. The molecule has 0 N–H and O–H groups in total. The molecule has 0 spiro atoms. The molecular weight excluding hydrogens is 220 g/mol. The van der Waals surface area contributed by atoms with Gasteiger partial charge in [-0.2, -0.15) is 0 Å². The minimum Gasteiger partial charge on any atom is -0.224 e. The minimum atomic E-state index is -3.14. The number of fused-ring (bicyclic) bond motifs is 1. The lowest BCUT2D eigenvalue weighted by Crippen LogP contribution is -2.00. The summed E-state index contributed by atoms with van der Waals surface area (Å²) in [6.45, 7) is 3.87. The van der Waals surface area contributed by atoms with Gasteiger partial charge in [0.25, 0.3) is 0 Å². The molecule has 84 valence electrons. The highest BCUT2D eigenvalue weighted by Crippen LogP contribution is 2.25. The summed E-state index contributed by atoms with van der Waals surface area (Å²) in [5, 5.41) is 2.10. The van der Waals surface area contributed by atoms with Crippen LogP contribution < -0.4 is 0 Å². The Hall–Kier alpha value is -1.35. The second-order valence-corrected chi connectivity index (χ2v) is 6.17. The Bertz CT molecular complexity index is 655. The van der Waals surface area contributed by atoms with E-state index >= 15 is 0 Å². The van der Waals surface area contributed by atoms with Crippen LogP contribution in [-0.4, -0.2) is 14.7 Å². The Kier molecular flexibility index (Phi) is 2.50. The summed E-state index contributed by atoms with van der Waals surface area (Å²) in [6.07, 6.45) is 1.25. The summed E-state index contributed by atoms with van der Waals surface area (Å²) in [7, 11) is -3.14. The molecule has 0 aromatic heterocycles. The van der Waals surface area contributed by atoms with Gasteiger partial charge in [-0.3, -0.25) is 0 Å². The normalized spacial score (nSPS) is 11.9. The van der Waals surface area contributed by atoms with Gasteiger partial charge in [0.1, 0.15) is 0 Å². The van der Waals surface area contributed by atoms with Crippen LogP contribution in [0.2, 0.25) is 0 Å². The van der Waals surface area contributed by atoms with Crippen molar-refractivity contribution in [2.45, 2.75) is 18.7 Å². The van der Waals surface area contributed by atoms with Crippen molar-refractivity contribution >= 4 is 20.6 Å². The molecule has 0 heterocycles. The molecule has 0 unspecified atom stereocenters. The summed E-state index contributed by atoms with van der Waals surface area (Å²) in [6, 6.07) is 9.62. The van der Waals surface area contributed by atoms with Crippen LogP contribution in [0.25, 0.3) is 10.8 Å². The second kappa shape index (κ2) is 3.59. The largest absolute Gasteiger partial charge is 0.224 e. The molecule has 0 aliphatic rings. The van der Waals surface area contributed by atoms with Gasteiger partial charge in [-0.25, -0.2) is 8.42 Å². The Morgan fingerprint density at radius 2 is 1.69 bits per heavy atom. The molecule has 3 heteroatoms. The number of aryl methyl sites for hydroxylation is 2. The first kappa shape index (κ1) is 11.1. The lowest BCUT2D eigenvalue weighted by atomic mass is 10.0. The molecule has 0 aliphatic carbocycles. The van der Waals surface area contributed by atoms with Gasteiger partial charge < -0.3 is 0 Å². The lowest BCUT2D eigenvalue weighted by Gasteiger charge is -2.08. The van der Waals surface area contributed by atoms with E-state index in [1.807, 2.05) is 38.1 Å². The molecular formula is C13H14O2S. The first-order valence-electron chi connectivity index (χ1n) is 5.09. The van der Waals surface area contributed by atoms with Crippen molar-refractivity contribution in [2.75, 3.05) is 6.26 Å². The Morgan fingerprint density at radius 1 is 1.00 bits per heavy atom. The third-order valence-corrected chi connectivity index (χ3v) is 4.03. The van der Waals surface area contributed by atoms with E-state index < -0.39 is 9.84 Å². The predicted octanol–water partition coefficient (Wildman–Crippen LogP) is 2.86. The number of rotatable bonds is 1. The summed E-state index contributed by atoms with van der Waals surface area (Å²) < 4.78 is 23.2. The highest BCUT2D eigenvalue weighted by atomic mass is 32.2. The van der Waals surface area contributed by atoms with E-state index in [1.54, 1.807) is 6.07 Å². The molecule has 2 aromatic carbocycles. The maximum atomic E-state index is 11.6. The smallest absolute Gasteiger partial charge is 0.175 e. The van der Waals surface area contributed by atoms with Crippen LogP contribution in [0.15, 0.2) is 35.2 Å². The van der Waals surface area contributed by atoms with E-state index in [2.05, 4.69) is 0 Å². The van der Waals surface area contributed by atoms with E-state index in [0.29, 0.717) is 4.90 Å². The quantitative estimate of drug-likeness (QED) is 0.760. The highest BCUT2D eigenvalue weighted by Gasteiger charge is 2.12. The minimum absolute atomic E-state index is 0.422. The van der Waals surface area contributed by atoms with Gasteiger partial charge in [0, 0.05) is 6.26 Å².